The van der Waals surface area contributed by atoms with Gasteiger partial charge in [0.25, 0.3) is 0 Å². The summed E-state index contributed by atoms with van der Waals surface area (Å²) in [5.41, 5.74) is 6.04. The van der Waals surface area contributed by atoms with E-state index in [1.807, 2.05) is 6.92 Å². The molecule has 4 nitrogen and oxygen atoms in total. The van der Waals surface area contributed by atoms with Crippen molar-refractivity contribution in [1.82, 2.24) is 5.32 Å². The summed E-state index contributed by atoms with van der Waals surface area (Å²) < 4.78 is 5.25. The van der Waals surface area contributed by atoms with E-state index in [9.17, 15) is 0 Å². The Hall–Kier alpha value is -0.0400. The lowest BCUT2D eigenvalue weighted by atomic mass is 9.84. The third-order valence-corrected chi connectivity index (χ3v) is 2.61. The zero-order chi connectivity index (χ0) is 14.0. The average Bonchev–Trinajstić information content (AvgIpc) is 2.24. The first-order valence-corrected chi connectivity index (χ1v) is 6.99. The quantitative estimate of drug-likeness (QED) is 0.278. The van der Waals surface area contributed by atoms with Gasteiger partial charge in [-0.25, -0.2) is 0 Å². The predicted molar refractivity (Wildman–Crippen MR) is 94.3 cm³/mol. The Kier molecular flexibility index (Phi) is 13.2. The predicted octanol–water partition coefficient (Wildman–Crippen LogP) is 3.01. The van der Waals surface area contributed by atoms with Crippen molar-refractivity contribution in [2.24, 2.45) is 22.1 Å². The van der Waals surface area contributed by atoms with E-state index in [1.54, 1.807) is 0 Å². The maximum atomic E-state index is 5.82. The van der Waals surface area contributed by atoms with Crippen LogP contribution in [-0.2, 0) is 4.74 Å². The minimum absolute atomic E-state index is 0. The SMILES string of the molecule is CCOCCCNC(N)=NCC(C)(C)CC(C)C.I. The molecule has 5 heteroatoms. The second-order valence-electron chi connectivity index (χ2n) is 5.94. The molecule has 0 bridgehead atoms. The number of hydrogen-bond acceptors (Lipinski definition) is 2. The highest BCUT2D eigenvalue weighted by molar-refractivity contribution is 14.0. The highest BCUT2D eigenvalue weighted by Gasteiger charge is 2.18. The first-order chi connectivity index (χ1) is 8.37. The highest BCUT2D eigenvalue weighted by atomic mass is 127. The van der Waals surface area contributed by atoms with Crippen LogP contribution < -0.4 is 11.1 Å². The van der Waals surface area contributed by atoms with Crippen LogP contribution in [0.3, 0.4) is 0 Å². The molecule has 0 atom stereocenters. The van der Waals surface area contributed by atoms with Gasteiger partial charge in [0, 0.05) is 26.3 Å². The van der Waals surface area contributed by atoms with Crippen LogP contribution >= 0.6 is 24.0 Å². The molecule has 0 aliphatic carbocycles. The molecule has 0 heterocycles. The zero-order valence-corrected chi connectivity index (χ0v) is 15.5. The van der Waals surface area contributed by atoms with Crippen LogP contribution in [0.2, 0.25) is 0 Å². The van der Waals surface area contributed by atoms with E-state index < -0.39 is 0 Å². The lowest BCUT2D eigenvalue weighted by molar-refractivity contribution is 0.145. The molecule has 0 spiro atoms. The van der Waals surface area contributed by atoms with Crippen LogP contribution in [-0.4, -0.2) is 32.3 Å². The largest absolute Gasteiger partial charge is 0.382 e. The number of aliphatic imine (C=N–C) groups is 1. The molecule has 0 aliphatic rings. The number of guanidine groups is 1. The molecule has 0 unspecified atom stereocenters. The maximum absolute atomic E-state index is 5.82. The summed E-state index contributed by atoms with van der Waals surface area (Å²) in [5.74, 6) is 1.24. The van der Waals surface area contributed by atoms with Gasteiger partial charge in [0.2, 0.25) is 0 Å². The van der Waals surface area contributed by atoms with Gasteiger partial charge < -0.3 is 15.8 Å². The molecule has 0 amide bonds. The maximum Gasteiger partial charge on any atom is 0.188 e. The summed E-state index contributed by atoms with van der Waals surface area (Å²) in [4.78, 5) is 4.41. The monoisotopic (exact) mass is 385 g/mol. The van der Waals surface area contributed by atoms with Crippen molar-refractivity contribution in [1.29, 1.82) is 0 Å². The summed E-state index contributed by atoms with van der Waals surface area (Å²) in [6.45, 7) is 14.1. The standard InChI is InChI=1S/C14H31N3O.HI/c1-6-18-9-7-8-16-13(15)17-11-14(4,5)10-12(2)3;/h12H,6-11H2,1-5H3,(H3,15,16,17);1H. The second-order valence-corrected chi connectivity index (χ2v) is 5.94. The molecule has 0 aliphatic heterocycles. The van der Waals surface area contributed by atoms with Crippen LogP contribution in [0.25, 0.3) is 0 Å². The Balaban J connectivity index is 0. The number of nitrogens with one attached hydrogen (secondary N) is 1. The van der Waals surface area contributed by atoms with Gasteiger partial charge in [-0.1, -0.05) is 27.7 Å². The van der Waals surface area contributed by atoms with E-state index in [0.29, 0.717) is 11.9 Å². The van der Waals surface area contributed by atoms with Crippen molar-refractivity contribution in [3.05, 3.63) is 0 Å². The van der Waals surface area contributed by atoms with Crippen molar-refractivity contribution < 1.29 is 4.74 Å². The fourth-order valence-corrected chi connectivity index (χ4v) is 2.06. The molecule has 0 rings (SSSR count). The zero-order valence-electron chi connectivity index (χ0n) is 13.2. The van der Waals surface area contributed by atoms with Gasteiger partial charge in [0.15, 0.2) is 5.96 Å². The number of hydrogen-bond donors (Lipinski definition) is 2. The average molecular weight is 385 g/mol. The van der Waals surface area contributed by atoms with Gasteiger partial charge in [-0.3, -0.25) is 4.99 Å². The minimum atomic E-state index is 0. The van der Waals surface area contributed by atoms with Crippen LogP contribution in [0.5, 0.6) is 0 Å². The lowest BCUT2D eigenvalue weighted by Gasteiger charge is -2.24. The normalized spacial score (nSPS) is 12.4. The molecular formula is C14H32IN3O. The van der Waals surface area contributed by atoms with Crippen molar-refractivity contribution in [3.8, 4) is 0 Å². The van der Waals surface area contributed by atoms with Gasteiger partial charge in [-0.2, -0.15) is 0 Å². The van der Waals surface area contributed by atoms with E-state index in [1.165, 1.54) is 0 Å². The fourth-order valence-electron chi connectivity index (χ4n) is 2.06. The molecule has 0 aromatic rings. The molecule has 0 saturated carbocycles. The first kappa shape index (κ1) is 21.3. The first-order valence-electron chi connectivity index (χ1n) is 6.99. The van der Waals surface area contributed by atoms with Gasteiger partial charge in [0.05, 0.1) is 0 Å². The van der Waals surface area contributed by atoms with Crippen molar-refractivity contribution >= 4 is 29.9 Å². The molecule has 0 radical (unpaired) electrons. The van der Waals surface area contributed by atoms with Gasteiger partial charge in [-0.15, -0.1) is 24.0 Å². The Morgan fingerprint density at radius 3 is 2.53 bits per heavy atom. The minimum Gasteiger partial charge on any atom is -0.382 e. The Morgan fingerprint density at radius 1 is 1.37 bits per heavy atom. The third kappa shape index (κ3) is 14.2. The number of halogens is 1. The van der Waals surface area contributed by atoms with Crippen molar-refractivity contribution in [2.45, 2.75) is 47.5 Å². The van der Waals surface area contributed by atoms with Crippen LogP contribution in [0.15, 0.2) is 4.99 Å². The summed E-state index contributed by atoms with van der Waals surface area (Å²) in [6.07, 6.45) is 2.12. The van der Waals surface area contributed by atoms with Crippen LogP contribution in [0.4, 0.5) is 0 Å². The Morgan fingerprint density at radius 2 is 2.00 bits per heavy atom. The number of nitrogens with zero attached hydrogens (tertiary/aromatic N) is 1. The van der Waals surface area contributed by atoms with E-state index in [4.69, 9.17) is 10.5 Å². The fraction of sp³-hybridized carbons (Fsp3) is 0.929. The third-order valence-electron chi connectivity index (χ3n) is 2.61. The lowest BCUT2D eigenvalue weighted by Crippen LogP contribution is -2.34. The highest BCUT2D eigenvalue weighted by Crippen LogP contribution is 2.25. The smallest absolute Gasteiger partial charge is 0.188 e. The molecule has 0 aromatic carbocycles. The topological polar surface area (TPSA) is 59.6 Å². The van der Waals surface area contributed by atoms with E-state index in [-0.39, 0.29) is 29.4 Å². The Labute approximate surface area is 136 Å². The second kappa shape index (κ2) is 11.8. The summed E-state index contributed by atoms with van der Waals surface area (Å²) in [5, 5.41) is 3.12. The molecular weight excluding hydrogens is 353 g/mol. The van der Waals surface area contributed by atoms with Gasteiger partial charge in [0.1, 0.15) is 0 Å². The molecule has 19 heavy (non-hydrogen) atoms. The number of rotatable bonds is 9. The van der Waals surface area contributed by atoms with E-state index in [0.717, 1.165) is 39.1 Å². The summed E-state index contributed by atoms with van der Waals surface area (Å²) in [6, 6.07) is 0. The molecule has 116 valence electrons. The summed E-state index contributed by atoms with van der Waals surface area (Å²) in [7, 11) is 0. The van der Waals surface area contributed by atoms with Crippen LogP contribution in [0, 0.1) is 11.3 Å². The number of ether oxygens (including phenoxy) is 1. The molecule has 0 saturated heterocycles. The van der Waals surface area contributed by atoms with E-state index >= 15 is 0 Å². The van der Waals surface area contributed by atoms with Crippen LogP contribution in [0.1, 0.15) is 47.5 Å². The van der Waals surface area contributed by atoms with E-state index in [2.05, 4.69) is 38.0 Å². The van der Waals surface area contributed by atoms with Gasteiger partial charge in [-0.05, 0) is 31.1 Å². The van der Waals surface area contributed by atoms with Gasteiger partial charge >= 0.3 is 0 Å². The summed E-state index contributed by atoms with van der Waals surface area (Å²) >= 11 is 0. The molecule has 3 N–H and O–H groups in total. The Bertz CT molecular complexity index is 243. The molecule has 0 fully saturated rings. The van der Waals surface area contributed by atoms with Crippen molar-refractivity contribution in [3.63, 3.8) is 0 Å². The molecule has 0 aromatic heterocycles. The number of nitrogens with two attached hydrogens (primary N) is 1. The van der Waals surface area contributed by atoms with Crippen molar-refractivity contribution in [2.75, 3.05) is 26.3 Å².